The highest BCUT2D eigenvalue weighted by Gasteiger charge is 2.71. The van der Waals surface area contributed by atoms with Gasteiger partial charge >= 0.3 is 5.97 Å². The number of halogens is 1. The third-order valence-corrected chi connectivity index (χ3v) is 3.22. The first-order chi connectivity index (χ1) is 5.13. The van der Waals surface area contributed by atoms with Crippen LogP contribution >= 0.6 is 0 Å². The molecule has 0 saturated heterocycles. The lowest BCUT2D eigenvalue weighted by molar-refractivity contribution is -0.225. The molecule has 2 bridgehead atoms. The van der Waals surface area contributed by atoms with Crippen molar-refractivity contribution in [1.82, 2.24) is 0 Å². The molecule has 0 aliphatic heterocycles. The number of hydrogen-bond acceptors (Lipinski definition) is 1. The van der Waals surface area contributed by atoms with Gasteiger partial charge in [-0.3, -0.25) is 9.18 Å². The first-order valence-electron chi connectivity index (χ1n) is 3.92. The average molecular weight is 158 g/mol. The van der Waals surface area contributed by atoms with Crippen LogP contribution in [0.25, 0.3) is 0 Å². The van der Waals surface area contributed by atoms with E-state index < -0.39 is 11.4 Å². The number of alkyl halides is 1. The quantitative estimate of drug-likeness (QED) is 0.677. The molecule has 2 nitrogen and oxygen atoms in total. The predicted octanol–water partition coefficient (Wildman–Crippen LogP) is 1.60. The van der Waals surface area contributed by atoms with Gasteiger partial charge in [-0.05, 0) is 31.1 Å². The Kier molecular flexibility index (Phi) is 1.13. The second-order valence-corrected chi connectivity index (χ2v) is 4.05. The summed E-state index contributed by atoms with van der Waals surface area (Å²) in [6.45, 7) is -0.296. The summed E-state index contributed by atoms with van der Waals surface area (Å²) in [5.41, 5.74) is -0.317. The first kappa shape index (κ1) is 7.07. The smallest absolute Gasteiger partial charge is 0.309 e. The van der Waals surface area contributed by atoms with Gasteiger partial charge in [0, 0.05) is 0 Å². The van der Waals surface area contributed by atoms with Crippen molar-refractivity contribution in [2.24, 2.45) is 10.8 Å². The Bertz CT molecular complexity index is 192. The van der Waals surface area contributed by atoms with E-state index in [1.807, 2.05) is 0 Å². The van der Waals surface area contributed by atoms with E-state index in [0.717, 1.165) is 19.3 Å². The highest BCUT2D eigenvalue weighted by Crippen LogP contribution is 2.74. The molecule has 1 N–H and O–H groups in total. The maximum atomic E-state index is 11.9. The number of carboxylic acid groups (broad SMARTS) is 1. The lowest BCUT2D eigenvalue weighted by atomic mass is 9.34. The van der Waals surface area contributed by atoms with E-state index in [4.69, 9.17) is 5.11 Å². The largest absolute Gasteiger partial charge is 0.481 e. The summed E-state index contributed by atoms with van der Waals surface area (Å²) < 4.78 is 11.9. The highest BCUT2D eigenvalue weighted by atomic mass is 19.1. The van der Waals surface area contributed by atoms with Crippen LogP contribution in [0, 0.1) is 10.8 Å². The van der Waals surface area contributed by atoms with E-state index >= 15 is 0 Å². The van der Waals surface area contributed by atoms with Crippen LogP contribution in [-0.2, 0) is 4.79 Å². The van der Waals surface area contributed by atoms with Crippen LogP contribution in [0.15, 0.2) is 0 Å². The predicted molar refractivity (Wildman–Crippen MR) is 36.9 cm³/mol. The molecule has 0 aromatic rings. The molecule has 3 fully saturated rings. The fourth-order valence-corrected chi connectivity index (χ4v) is 2.69. The summed E-state index contributed by atoms with van der Waals surface area (Å²) in [5, 5.41) is 8.72. The molecule has 3 aliphatic carbocycles. The van der Waals surface area contributed by atoms with Gasteiger partial charge in [0.1, 0.15) is 0 Å². The summed E-state index contributed by atoms with van der Waals surface area (Å²) in [5.74, 6) is -0.682. The second-order valence-electron chi connectivity index (χ2n) is 4.05. The average Bonchev–Trinajstić information content (AvgIpc) is 1.73. The van der Waals surface area contributed by atoms with E-state index in [9.17, 15) is 9.18 Å². The van der Waals surface area contributed by atoms with E-state index in [1.165, 1.54) is 0 Å². The van der Waals surface area contributed by atoms with Gasteiger partial charge in [-0.15, -0.1) is 0 Å². The summed E-state index contributed by atoms with van der Waals surface area (Å²) in [6.07, 6.45) is 2.74. The van der Waals surface area contributed by atoms with Gasteiger partial charge < -0.3 is 5.11 Å². The lowest BCUT2D eigenvalue weighted by Crippen LogP contribution is -2.65. The molecule has 0 aromatic carbocycles. The van der Waals surface area contributed by atoms with Crippen LogP contribution in [0.4, 0.5) is 4.39 Å². The third-order valence-electron chi connectivity index (χ3n) is 3.22. The molecule has 0 atom stereocenters. The van der Waals surface area contributed by atoms with Crippen molar-refractivity contribution < 1.29 is 14.3 Å². The number of rotatable bonds is 3. The van der Waals surface area contributed by atoms with Crippen LogP contribution in [0.3, 0.4) is 0 Å². The summed E-state index contributed by atoms with van der Waals surface area (Å²) >= 11 is 0. The Morgan fingerprint density at radius 2 is 2.00 bits per heavy atom. The van der Waals surface area contributed by atoms with Crippen LogP contribution in [0.2, 0.25) is 0 Å². The lowest BCUT2D eigenvalue weighted by Gasteiger charge is -2.68. The minimum atomic E-state index is -0.682. The Morgan fingerprint density at radius 3 is 2.36 bits per heavy atom. The standard InChI is InChI=1S/C8H11FO2/c9-2-1-7-3-8(4-7,5-7)6(10)11/h1-5H2,(H,10,11). The molecule has 3 rings (SSSR count). The molecule has 3 saturated carbocycles. The van der Waals surface area contributed by atoms with Gasteiger partial charge in [0.15, 0.2) is 0 Å². The van der Waals surface area contributed by atoms with Gasteiger partial charge in [-0.25, -0.2) is 0 Å². The molecule has 0 aromatic heterocycles. The van der Waals surface area contributed by atoms with E-state index in [1.54, 1.807) is 0 Å². The number of carbonyl (C=O) groups is 1. The second kappa shape index (κ2) is 1.76. The number of carboxylic acids is 1. The Hall–Kier alpha value is -0.600. The zero-order valence-corrected chi connectivity index (χ0v) is 6.27. The van der Waals surface area contributed by atoms with Gasteiger partial charge in [-0.2, -0.15) is 0 Å². The van der Waals surface area contributed by atoms with Crippen molar-refractivity contribution in [2.75, 3.05) is 6.67 Å². The minimum absolute atomic E-state index is 0.104. The zero-order valence-electron chi connectivity index (χ0n) is 6.27. The van der Waals surface area contributed by atoms with Crippen LogP contribution in [0.1, 0.15) is 25.7 Å². The van der Waals surface area contributed by atoms with Gasteiger partial charge in [-0.1, -0.05) is 0 Å². The Balaban J connectivity index is 1.94. The fraction of sp³-hybridized carbons (Fsp3) is 0.875. The van der Waals surface area contributed by atoms with Crippen LogP contribution in [-0.4, -0.2) is 17.8 Å². The maximum absolute atomic E-state index is 11.9. The van der Waals surface area contributed by atoms with Gasteiger partial charge in [0.25, 0.3) is 0 Å². The normalized spacial score (nSPS) is 45.9. The Labute approximate surface area is 64.4 Å². The van der Waals surface area contributed by atoms with Crippen molar-refractivity contribution in [2.45, 2.75) is 25.7 Å². The molecule has 62 valence electrons. The van der Waals surface area contributed by atoms with Crippen molar-refractivity contribution in [3.8, 4) is 0 Å². The van der Waals surface area contributed by atoms with E-state index in [-0.39, 0.29) is 12.1 Å². The van der Waals surface area contributed by atoms with Crippen molar-refractivity contribution in [1.29, 1.82) is 0 Å². The number of aliphatic carboxylic acids is 1. The zero-order chi connectivity index (χ0) is 8.11. The molecule has 0 spiro atoms. The Morgan fingerprint density at radius 1 is 1.45 bits per heavy atom. The van der Waals surface area contributed by atoms with Crippen LogP contribution in [0.5, 0.6) is 0 Å². The summed E-state index contributed by atoms with van der Waals surface area (Å²) in [7, 11) is 0. The molecular weight excluding hydrogens is 147 g/mol. The number of hydrogen-bond donors (Lipinski definition) is 1. The van der Waals surface area contributed by atoms with Crippen molar-refractivity contribution >= 4 is 5.97 Å². The molecule has 3 aliphatic rings. The maximum Gasteiger partial charge on any atom is 0.309 e. The first-order valence-corrected chi connectivity index (χ1v) is 3.92. The monoisotopic (exact) mass is 158 g/mol. The molecular formula is C8H11FO2. The summed E-state index contributed by atoms with van der Waals surface area (Å²) in [6, 6.07) is 0. The minimum Gasteiger partial charge on any atom is -0.481 e. The van der Waals surface area contributed by atoms with Crippen molar-refractivity contribution in [3.05, 3.63) is 0 Å². The fourth-order valence-electron chi connectivity index (χ4n) is 2.69. The molecule has 0 unspecified atom stereocenters. The van der Waals surface area contributed by atoms with Crippen molar-refractivity contribution in [3.63, 3.8) is 0 Å². The molecule has 0 heterocycles. The van der Waals surface area contributed by atoms with E-state index in [0.29, 0.717) is 6.42 Å². The molecule has 11 heavy (non-hydrogen) atoms. The molecule has 0 radical (unpaired) electrons. The topological polar surface area (TPSA) is 37.3 Å². The highest BCUT2D eigenvalue weighted by molar-refractivity contribution is 5.79. The third kappa shape index (κ3) is 0.686. The van der Waals surface area contributed by atoms with Gasteiger partial charge in [0.2, 0.25) is 0 Å². The van der Waals surface area contributed by atoms with Gasteiger partial charge in [0.05, 0.1) is 12.1 Å². The van der Waals surface area contributed by atoms with Crippen LogP contribution < -0.4 is 0 Å². The van der Waals surface area contributed by atoms with E-state index in [2.05, 4.69) is 0 Å². The summed E-state index contributed by atoms with van der Waals surface area (Å²) in [4.78, 5) is 10.6. The molecule has 3 heteroatoms. The SMILES string of the molecule is O=C(O)C12CC(CCF)(C1)C2. The molecule has 0 amide bonds.